The molecule has 0 unspecified atom stereocenters. The molecule has 0 bridgehead atoms. The van der Waals surface area contributed by atoms with Gasteiger partial charge in [-0.1, -0.05) is 12.1 Å². The summed E-state index contributed by atoms with van der Waals surface area (Å²) >= 11 is 0. The van der Waals surface area contributed by atoms with Gasteiger partial charge < -0.3 is 10.6 Å². The molecule has 13 heteroatoms. The van der Waals surface area contributed by atoms with Crippen molar-refractivity contribution >= 4 is 21.6 Å². The molecule has 1 aromatic carbocycles. The van der Waals surface area contributed by atoms with Crippen LogP contribution in [-0.2, 0) is 22.6 Å². The second-order valence-electron chi connectivity index (χ2n) is 6.43. The van der Waals surface area contributed by atoms with Crippen molar-refractivity contribution in [2.45, 2.75) is 25.7 Å². The van der Waals surface area contributed by atoms with E-state index in [4.69, 9.17) is 0 Å². The molecule has 1 aromatic heterocycles. The standard InChI is InChI=1S/C18H17F5N4O3S/c1-10(6-7-31(2,29)30)26-16(28)12-9-25-17(18(21,22)23)27-15(12)24-8-11-13(19)4-3-5-14(11)20/h3-7,9-10H,8H2,1-2H3,(H,26,28)(H,24,25,27)/b7-6+/t10-/m0/s1. The summed E-state index contributed by atoms with van der Waals surface area (Å²) < 4.78 is 88.8. The first-order chi connectivity index (χ1) is 14.3. The molecule has 168 valence electrons. The van der Waals surface area contributed by atoms with Crippen LogP contribution in [0.5, 0.6) is 0 Å². The molecule has 31 heavy (non-hydrogen) atoms. The summed E-state index contributed by atoms with van der Waals surface area (Å²) in [5.74, 6) is -4.99. The van der Waals surface area contributed by atoms with Crippen LogP contribution in [0.25, 0.3) is 0 Å². The minimum Gasteiger partial charge on any atom is -0.365 e. The number of carbonyl (C=O) groups excluding carboxylic acids is 1. The number of anilines is 1. The number of nitrogens with one attached hydrogen (secondary N) is 2. The van der Waals surface area contributed by atoms with Gasteiger partial charge in [-0.15, -0.1) is 0 Å². The van der Waals surface area contributed by atoms with Crippen LogP contribution < -0.4 is 10.6 Å². The lowest BCUT2D eigenvalue weighted by atomic mass is 10.2. The van der Waals surface area contributed by atoms with Crippen LogP contribution in [0.15, 0.2) is 35.9 Å². The van der Waals surface area contributed by atoms with Crippen molar-refractivity contribution in [3.05, 3.63) is 64.5 Å². The number of rotatable bonds is 7. The first kappa shape index (κ1) is 24.2. The highest BCUT2D eigenvalue weighted by Gasteiger charge is 2.35. The third-order valence-corrected chi connectivity index (χ3v) is 4.41. The molecule has 2 rings (SSSR count). The van der Waals surface area contributed by atoms with Crippen LogP contribution in [-0.4, -0.2) is 36.6 Å². The van der Waals surface area contributed by atoms with E-state index in [1.54, 1.807) is 0 Å². The number of benzene rings is 1. The van der Waals surface area contributed by atoms with Crippen molar-refractivity contribution in [1.82, 2.24) is 15.3 Å². The van der Waals surface area contributed by atoms with Crippen LogP contribution in [0.1, 0.15) is 28.7 Å². The molecule has 0 saturated heterocycles. The number of hydrogen-bond acceptors (Lipinski definition) is 6. The van der Waals surface area contributed by atoms with Crippen LogP contribution in [0.4, 0.5) is 27.8 Å². The third kappa shape index (κ3) is 6.98. The van der Waals surface area contributed by atoms with Crippen molar-refractivity contribution < 1.29 is 35.2 Å². The zero-order chi connectivity index (χ0) is 23.4. The molecule has 1 heterocycles. The first-order valence-electron chi connectivity index (χ1n) is 8.58. The van der Waals surface area contributed by atoms with Gasteiger partial charge in [-0.25, -0.2) is 27.2 Å². The van der Waals surface area contributed by atoms with Gasteiger partial charge >= 0.3 is 6.18 Å². The van der Waals surface area contributed by atoms with Gasteiger partial charge in [-0.3, -0.25) is 4.79 Å². The molecule has 2 aromatic rings. The Hall–Kier alpha value is -3.09. The molecular weight excluding hydrogens is 447 g/mol. The Labute approximate surface area is 174 Å². The van der Waals surface area contributed by atoms with Gasteiger partial charge in [0.1, 0.15) is 23.0 Å². The SMILES string of the molecule is C[C@@H](/C=C/S(C)(=O)=O)NC(=O)c1cnc(C(F)(F)F)nc1NCc1c(F)cccc1F. The topological polar surface area (TPSA) is 101 Å². The molecule has 7 nitrogen and oxygen atoms in total. The predicted molar refractivity (Wildman–Crippen MR) is 102 cm³/mol. The monoisotopic (exact) mass is 464 g/mol. The third-order valence-electron chi connectivity index (χ3n) is 3.75. The summed E-state index contributed by atoms with van der Waals surface area (Å²) in [5.41, 5.74) is -0.908. The van der Waals surface area contributed by atoms with Gasteiger partial charge in [0.15, 0.2) is 9.84 Å². The molecule has 0 fully saturated rings. The summed E-state index contributed by atoms with van der Waals surface area (Å²) in [4.78, 5) is 18.8. The molecule has 0 saturated carbocycles. The van der Waals surface area contributed by atoms with E-state index in [2.05, 4.69) is 20.6 Å². The fourth-order valence-corrected chi connectivity index (χ4v) is 2.81. The lowest BCUT2D eigenvalue weighted by molar-refractivity contribution is -0.144. The first-order valence-corrected chi connectivity index (χ1v) is 10.5. The van der Waals surface area contributed by atoms with E-state index in [0.29, 0.717) is 6.20 Å². The van der Waals surface area contributed by atoms with Crippen molar-refractivity contribution in [1.29, 1.82) is 0 Å². The molecule has 0 radical (unpaired) electrons. The Kier molecular flexibility index (Phi) is 7.31. The Bertz CT molecular complexity index is 1080. The van der Waals surface area contributed by atoms with Gasteiger partial charge in [0.2, 0.25) is 5.82 Å². The second-order valence-corrected chi connectivity index (χ2v) is 8.36. The number of halogens is 5. The minimum atomic E-state index is -4.93. The number of alkyl halides is 3. The number of sulfone groups is 1. The predicted octanol–water partition coefficient (Wildman–Crippen LogP) is 3.06. The lowest BCUT2D eigenvalue weighted by Gasteiger charge is -2.15. The average Bonchev–Trinajstić information content (AvgIpc) is 2.64. The average molecular weight is 464 g/mol. The molecule has 2 N–H and O–H groups in total. The number of carbonyl (C=O) groups is 1. The van der Waals surface area contributed by atoms with Gasteiger partial charge in [0.05, 0.1) is 0 Å². The van der Waals surface area contributed by atoms with E-state index in [9.17, 15) is 35.2 Å². The van der Waals surface area contributed by atoms with Gasteiger partial charge in [0, 0.05) is 36.0 Å². The highest BCUT2D eigenvalue weighted by atomic mass is 32.2. The van der Waals surface area contributed by atoms with Crippen LogP contribution in [0.2, 0.25) is 0 Å². The highest BCUT2D eigenvalue weighted by Crippen LogP contribution is 2.28. The summed E-state index contributed by atoms with van der Waals surface area (Å²) in [6.07, 6.45) is -2.23. The van der Waals surface area contributed by atoms with E-state index in [-0.39, 0.29) is 0 Å². The summed E-state index contributed by atoms with van der Waals surface area (Å²) in [6.45, 7) is 0.822. The van der Waals surface area contributed by atoms with E-state index >= 15 is 0 Å². The Morgan fingerprint density at radius 3 is 2.39 bits per heavy atom. The van der Waals surface area contributed by atoms with E-state index in [0.717, 1.165) is 35.9 Å². The molecule has 0 aliphatic rings. The van der Waals surface area contributed by atoms with Crippen molar-refractivity contribution in [3.63, 3.8) is 0 Å². The summed E-state index contributed by atoms with van der Waals surface area (Å²) in [7, 11) is -3.46. The maximum atomic E-state index is 13.8. The quantitative estimate of drug-likeness (QED) is 0.611. The lowest BCUT2D eigenvalue weighted by Crippen LogP contribution is -2.32. The second kappa shape index (κ2) is 9.37. The van der Waals surface area contributed by atoms with E-state index in [1.807, 2.05) is 0 Å². The normalized spacial score (nSPS) is 13.3. The zero-order valence-corrected chi connectivity index (χ0v) is 17.0. The number of nitrogens with zero attached hydrogens (tertiary/aromatic N) is 2. The molecule has 1 amide bonds. The van der Waals surface area contributed by atoms with Crippen molar-refractivity contribution in [2.75, 3.05) is 11.6 Å². The molecule has 0 spiro atoms. The number of aromatic nitrogens is 2. The van der Waals surface area contributed by atoms with Crippen molar-refractivity contribution in [3.8, 4) is 0 Å². The van der Waals surface area contributed by atoms with Gasteiger partial charge in [0.25, 0.3) is 5.91 Å². The Morgan fingerprint density at radius 1 is 1.23 bits per heavy atom. The molecular formula is C18H17F5N4O3S. The number of amides is 1. The summed E-state index contributed by atoms with van der Waals surface area (Å²) in [6, 6.07) is 2.22. The van der Waals surface area contributed by atoms with Gasteiger partial charge in [-0.05, 0) is 19.1 Å². The Morgan fingerprint density at radius 2 is 1.84 bits per heavy atom. The van der Waals surface area contributed by atoms with Crippen LogP contribution in [0, 0.1) is 11.6 Å². The van der Waals surface area contributed by atoms with Crippen molar-refractivity contribution in [2.24, 2.45) is 0 Å². The fraction of sp³-hybridized carbons (Fsp3) is 0.278. The van der Waals surface area contributed by atoms with E-state index in [1.165, 1.54) is 6.92 Å². The smallest absolute Gasteiger partial charge is 0.365 e. The minimum absolute atomic E-state index is 0.440. The number of hydrogen-bond donors (Lipinski definition) is 2. The maximum Gasteiger partial charge on any atom is 0.451 e. The molecule has 1 atom stereocenters. The Balaban J connectivity index is 2.33. The summed E-state index contributed by atoms with van der Waals surface area (Å²) in [5, 5.41) is 5.53. The molecule has 0 aliphatic carbocycles. The molecule has 0 aliphatic heterocycles. The van der Waals surface area contributed by atoms with Crippen LogP contribution >= 0.6 is 0 Å². The zero-order valence-electron chi connectivity index (χ0n) is 16.2. The van der Waals surface area contributed by atoms with Gasteiger partial charge in [-0.2, -0.15) is 13.2 Å². The highest BCUT2D eigenvalue weighted by molar-refractivity contribution is 7.93. The largest absolute Gasteiger partial charge is 0.451 e. The van der Waals surface area contributed by atoms with E-state index < -0.39 is 68.9 Å². The maximum absolute atomic E-state index is 13.8. The fourth-order valence-electron chi connectivity index (χ4n) is 2.29. The van der Waals surface area contributed by atoms with Crippen LogP contribution in [0.3, 0.4) is 0 Å².